The van der Waals surface area contributed by atoms with Gasteiger partial charge in [-0.3, -0.25) is 4.79 Å². The summed E-state index contributed by atoms with van der Waals surface area (Å²) in [6, 6.07) is 1.34. The van der Waals surface area contributed by atoms with Crippen LogP contribution in [-0.2, 0) is 10.0 Å². The molecule has 1 aromatic heterocycles. The molecule has 1 heterocycles. The molecule has 0 aliphatic rings. The van der Waals surface area contributed by atoms with Crippen LogP contribution in [0.15, 0.2) is 17.1 Å². The lowest BCUT2D eigenvalue weighted by Gasteiger charge is -2.05. The summed E-state index contributed by atoms with van der Waals surface area (Å²) in [5, 5.41) is 8.65. The molecule has 8 heteroatoms. The number of H-pyrrole nitrogens is 1. The van der Waals surface area contributed by atoms with Crippen LogP contribution >= 0.6 is 0 Å². The van der Waals surface area contributed by atoms with E-state index in [2.05, 4.69) is 20.2 Å². The zero-order valence-electron chi connectivity index (χ0n) is 8.15. The van der Waals surface area contributed by atoms with Gasteiger partial charge in [0.05, 0.1) is 18.1 Å². The van der Waals surface area contributed by atoms with Gasteiger partial charge in [-0.05, 0) is 0 Å². The molecule has 0 aliphatic heterocycles. The summed E-state index contributed by atoms with van der Waals surface area (Å²) in [7, 11) is -3.16. The van der Waals surface area contributed by atoms with Crippen LogP contribution in [0.4, 0.5) is 5.69 Å². The van der Waals surface area contributed by atoms with Crippen molar-refractivity contribution in [2.75, 3.05) is 24.7 Å². The minimum atomic E-state index is -3.16. The van der Waals surface area contributed by atoms with Crippen LogP contribution in [0.5, 0.6) is 0 Å². The zero-order valence-corrected chi connectivity index (χ0v) is 8.97. The smallest absolute Gasteiger partial charge is 0.266 e. The molecule has 7 nitrogen and oxygen atoms in total. The standard InChI is InChI=1S/C7H12N4O3S/c1-15(13,14)10-3-2-8-6-4-7(12)11-9-5-6/h4-5,10H,2-3H2,1H3,(H2,8,11,12). The number of hydrogen-bond acceptors (Lipinski definition) is 5. The van der Waals surface area contributed by atoms with Gasteiger partial charge < -0.3 is 5.32 Å². The fraction of sp³-hybridized carbons (Fsp3) is 0.429. The molecule has 0 aliphatic carbocycles. The molecule has 84 valence electrons. The summed E-state index contributed by atoms with van der Waals surface area (Å²) in [5.74, 6) is 0. The number of nitrogens with one attached hydrogen (secondary N) is 3. The fourth-order valence-electron chi connectivity index (χ4n) is 0.916. The molecule has 0 saturated carbocycles. The largest absolute Gasteiger partial charge is 0.382 e. The van der Waals surface area contributed by atoms with Gasteiger partial charge in [-0.2, -0.15) is 5.10 Å². The van der Waals surface area contributed by atoms with E-state index in [0.29, 0.717) is 12.2 Å². The third-order valence-corrected chi connectivity index (χ3v) is 2.21. The van der Waals surface area contributed by atoms with Crippen molar-refractivity contribution in [3.63, 3.8) is 0 Å². The van der Waals surface area contributed by atoms with Crippen LogP contribution in [0.3, 0.4) is 0 Å². The second-order valence-electron chi connectivity index (χ2n) is 2.93. The third-order valence-electron chi connectivity index (χ3n) is 1.48. The van der Waals surface area contributed by atoms with Crippen molar-refractivity contribution in [1.29, 1.82) is 0 Å². The maximum Gasteiger partial charge on any atom is 0.266 e. The predicted octanol–water partition coefficient (Wildman–Crippen LogP) is -1.27. The van der Waals surface area contributed by atoms with E-state index in [4.69, 9.17) is 0 Å². The minimum absolute atomic E-state index is 0.256. The Morgan fingerprint density at radius 3 is 2.80 bits per heavy atom. The SMILES string of the molecule is CS(=O)(=O)NCCNc1cn[nH]c(=O)c1. The highest BCUT2D eigenvalue weighted by atomic mass is 32.2. The Bertz CT molecular complexity index is 467. The maximum absolute atomic E-state index is 10.8. The topological polar surface area (TPSA) is 104 Å². The molecule has 0 amide bonds. The van der Waals surface area contributed by atoms with Crippen LogP contribution < -0.4 is 15.6 Å². The van der Waals surface area contributed by atoms with Crippen molar-refractivity contribution in [1.82, 2.24) is 14.9 Å². The lowest BCUT2D eigenvalue weighted by molar-refractivity contribution is 0.589. The first kappa shape index (κ1) is 11.7. The van der Waals surface area contributed by atoms with Crippen molar-refractivity contribution >= 4 is 15.7 Å². The van der Waals surface area contributed by atoms with Crippen molar-refractivity contribution < 1.29 is 8.42 Å². The summed E-state index contributed by atoms with van der Waals surface area (Å²) >= 11 is 0. The Morgan fingerprint density at radius 2 is 2.20 bits per heavy atom. The van der Waals surface area contributed by atoms with Gasteiger partial charge in [-0.25, -0.2) is 18.2 Å². The zero-order chi connectivity index (χ0) is 11.3. The lowest BCUT2D eigenvalue weighted by Crippen LogP contribution is -2.27. The Morgan fingerprint density at radius 1 is 1.47 bits per heavy atom. The number of rotatable bonds is 5. The van der Waals surface area contributed by atoms with Crippen molar-refractivity contribution in [2.45, 2.75) is 0 Å². The average Bonchev–Trinajstić information content (AvgIpc) is 2.11. The van der Waals surface area contributed by atoms with Gasteiger partial charge in [-0.1, -0.05) is 0 Å². The van der Waals surface area contributed by atoms with E-state index in [0.717, 1.165) is 6.26 Å². The Hall–Kier alpha value is -1.41. The number of sulfonamides is 1. The van der Waals surface area contributed by atoms with Crippen molar-refractivity contribution in [3.8, 4) is 0 Å². The predicted molar refractivity (Wildman–Crippen MR) is 56.2 cm³/mol. The molecule has 1 aromatic rings. The maximum atomic E-state index is 10.8. The molecule has 3 N–H and O–H groups in total. The average molecular weight is 232 g/mol. The number of aromatic nitrogens is 2. The summed E-state index contributed by atoms with van der Waals surface area (Å²) < 4.78 is 23.7. The van der Waals surface area contributed by atoms with E-state index < -0.39 is 10.0 Å². The van der Waals surface area contributed by atoms with Crippen LogP contribution in [0.2, 0.25) is 0 Å². The summed E-state index contributed by atoms with van der Waals surface area (Å²) in [6.07, 6.45) is 2.53. The van der Waals surface area contributed by atoms with E-state index in [-0.39, 0.29) is 12.1 Å². The number of nitrogens with zero attached hydrogens (tertiary/aromatic N) is 1. The summed E-state index contributed by atoms with van der Waals surface area (Å²) in [6.45, 7) is 0.643. The van der Waals surface area contributed by atoms with E-state index >= 15 is 0 Å². The highest BCUT2D eigenvalue weighted by Crippen LogP contribution is 1.96. The van der Waals surface area contributed by atoms with Crippen LogP contribution in [-0.4, -0.2) is 38.0 Å². The highest BCUT2D eigenvalue weighted by Gasteiger charge is 1.98. The second-order valence-corrected chi connectivity index (χ2v) is 4.76. The molecule has 15 heavy (non-hydrogen) atoms. The third kappa shape index (κ3) is 5.13. The molecular weight excluding hydrogens is 220 g/mol. The first-order chi connectivity index (χ1) is 6.97. The molecule has 0 atom stereocenters. The van der Waals surface area contributed by atoms with Gasteiger partial charge in [0.2, 0.25) is 10.0 Å². The van der Waals surface area contributed by atoms with E-state index in [9.17, 15) is 13.2 Å². The first-order valence-corrected chi connectivity index (χ1v) is 6.10. The normalized spacial score (nSPS) is 11.3. The molecule has 0 unspecified atom stereocenters. The number of aromatic amines is 1. The van der Waals surface area contributed by atoms with Gasteiger partial charge in [0.1, 0.15) is 0 Å². The van der Waals surface area contributed by atoms with Gasteiger partial charge in [0.15, 0.2) is 0 Å². The fourth-order valence-corrected chi connectivity index (χ4v) is 1.39. The van der Waals surface area contributed by atoms with E-state index in [1.54, 1.807) is 0 Å². The van der Waals surface area contributed by atoms with Gasteiger partial charge in [0, 0.05) is 19.2 Å². The van der Waals surface area contributed by atoms with Crippen LogP contribution in [0.1, 0.15) is 0 Å². The lowest BCUT2D eigenvalue weighted by atomic mass is 10.4. The second kappa shape index (κ2) is 4.89. The molecule has 0 saturated heterocycles. The molecule has 0 spiro atoms. The number of anilines is 1. The van der Waals surface area contributed by atoms with Gasteiger partial charge >= 0.3 is 0 Å². The van der Waals surface area contributed by atoms with Crippen molar-refractivity contribution in [3.05, 3.63) is 22.6 Å². The van der Waals surface area contributed by atoms with Crippen molar-refractivity contribution in [2.24, 2.45) is 0 Å². The molecule has 1 rings (SSSR count). The Balaban J connectivity index is 2.36. The van der Waals surface area contributed by atoms with Crippen LogP contribution in [0, 0.1) is 0 Å². The molecule has 0 radical (unpaired) electrons. The quantitative estimate of drug-likeness (QED) is 0.549. The van der Waals surface area contributed by atoms with Gasteiger partial charge in [-0.15, -0.1) is 0 Å². The van der Waals surface area contributed by atoms with Gasteiger partial charge in [0.25, 0.3) is 5.56 Å². The minimum Gasteiger partial charge on any atom is -0.382 e. The highest BCUT2D eigenvalue weighted by molar-refractivity contribution is 7.88. The first-order valence-electron chi connectivity index (χ1n) is 4.20. The summed E-state index contributed by atoms with van der Waals surface area (Å²) in [4.78, 5) is 10.8. The van der Waals surface area contributed by atoms with E-state index in [1.165, 1.54) is 12.3 Å². The summed E-state index contributed by atoms with van der Waals surface area (Å²) in [5.41, 5.74) is 0.241. The Kier molecular flexibility index (Phi) is 3.81. The van der Waals surface area contributed by atoms with Crippen LogP contribution in [0.25, 0.3) is 0 Å². The molecule has 0 aromatic carbocycles. The Labute approximate surface area is 87.0 Å². The molecular formula is C7H12N4O3S. The van der Waals surface area contributed by atoms with E-state index in [1.807, 2.05) is 0 Å². The number of hydrogen-bond donors (Lipinski definition) is 3. The monoisotopic (exact) mass is 232 g/mol. The molecule has 0 fully saturated rings. The molecule has 0 bridgehead atoms.